The third kappa shape index (κ3) is 5.57. The van der Waals surface area contributed by atoms with Crippen molar-refractivity contribution in [1.29, 1.82) is 0 Å². The Labute approximate surface area is 189 Å². The first-order valence-electron chi connectivity index (χ1n) is 9.25. The van der Waals surface area contributed by atoms with Gasteiger partial charge in [-0.3, -0.25) is 9.78 Å². The van der Waals surface area contributed by atoms with Crippen LogP contribution >= 0.6 is 34.8 Å². The molecule has 0 aliphatic carbocycles. The van der Waals surface area contributed by atoms with E-state index >= 15 is 0 Å². The molecule has 3 rings (SSSR count). The number of hydrogen-bond donors (Lipinski definition) is 1. The molecule has 0 aliphatic heterocycles. The number of nitrogens with one attached hydrogen (secondary N) is 1. The number of ether oxygens (including phenoxy) is 1. The Morgan fingerprint density at radius 1 is 1.00 bits per heavy atom. The van der Waals surface area contributed by atoms with E-state index in [0.29, 0.717) is 51.6 Å². The van der Waals surface area contributed by atoms with Crippen LogP contribution in [0.25, 0.3) is 0 Å². The van der Waals surface area contributed by atoms with Gasteiger partial charge in [0.25, 0.3) is 5.91 Å². The molecule has 0 atom stereocenters. The van der Waals surface area contributed by atoms with Gasteiger partial charge in [-0.05, 0) is 61.7 Å². The summed E-state index contributed by atoms with van der Waals surface area (Å²) in [5.74, 6) is 0.562. The molecular weight excluding hydrogens is 447 g/mol. The zero-order valence-electron chi connectivity index (χ0n) is 16.1. The third-order valence-electron chi connectivity index (χ3n) is 4.31. The molecule has 3 aromatic rings. The van der Waals surface area contributed by atoms with Crippen molar-refractivity contribution in [2.75, 3.05) is 6.61 Å². The van der Waals surface area contributed by atoms with E-state index in [0.717, 1.165) is 11.1 Å². The van der Waals surface area contributed by atoms with E-state index in [2.05, 4.69) is 10.5 Å². The summed E-state index contributed by atoms with van der Waals surface area (Å²) >= 11 is 18.6. The molecule has 0 bridgehead atoms. The number of carbonyl (C=O) groups is 1. The molecule has 30 heavy (non-hydrogen) atoms. The predicted molar refractivity (Wildman–Crippen MR) is 119 cm³/mol. The first kappa shape index (κ1) is 22.2. The molecule has 156 valence electrons. The Balaban J connectivity index is 1.83. The van der Waals surface area contributed by atoms with Crippen LogP contribution in [0.1, 0.15) is 28.4 Å². The SMILES string of the molecule is CCOc1c(Cl)ccc(ONC(=O)c2ccncc2)c1CCc1ccc(Cl)cc1Cl. The number of benzene rings is 2. The summed E-state index contributed by atoms with van der Waals surface area (Å²) in [4.78, 5) is 21.8. The summed E-state index contributed by atoms with van der Waals surface area (Å²) in [6, 6.07) is 11.9. The Morgan fingerprint density at radius 2 is 1.77 bits per heavy atom. The Morgan fingerprint density at radius 3 is 2.47 bits per heavy atom. The van der Waals surface area contributed by atoms with Gasteiger partial charge in [0, 0.05) is 33.6 Å². The summed E-state index contributed by atoms with van der Waals surface area (Å²) in [6.07, 6.45) is 4.19. The zero-order chi connectivity index (χ0) is 21.5. The highest BCUT2D eigenvalue weighted by Gasteiger charge is 2.17. The molecule has 1 heterocycles. The minimum absolute atomic E-state index is 0.392. The molecule has 0 saturated carbocycles. The smallest absolute Gasteiger partial charge is 0.284 e. The highest BCUT2D eigenvalue weighted by atomic mass is 35.5. The van der Waals surface area contributed by atoms with Gasteiger partial charge in [-0.1, -0.05) is 40.9 Å². The van der Waals surface area contributed by atoms with Gasteiger partial charge >= 0.3 is 0 Å². The average molecular weight is 466 g/mol. The molecule has 1 amide bonds. The maximum absolute atomic E-state index is 12.3. The van der Waals surface area contributed by atoms with Crippen LogP contribution in [0.3, 0.4) is 0 Å². The van der Waals surface area contributed by atoms with Gasteiger partial charge < -0.3 is 9.57 Å². The molecule has 0 spiro atoms. The van der Waals surface area contributed by atoms with Crippen LogP contribution in [-0.4, -0.2) is 17.5 Å². The summed E-state index contributed by atoms with van der Waals surface area (Å²) in [5, 5.41) is 1.61. The molecule has 2 aromatic carbocycles. The molecule has 0 radical (unpaired) electrons. The first-order valence-corrected chi connectivity index (χ1v) is 10.4. The van der Waals surface area contributed by atoms with Crippen LogP contribution < -0.4 is 15.1 Å². The van der Waals surface area contributed by atoms with Crippen molar-refractivity contribution in [2.45, 2.75) is 19.8 Å². The number of hydrogen-bond acceptors (Lipinski definition) is 4. The van der Waals surface area contributed by atoms with E-state index in [1.165, 1.54) is 12.4 Å². The van der Waals surface area contributed by atoms with Gasteiger partial charge in [-0.15, -0.1) is 0 Å². The molecule has 5 nitrogen and oxygen atoms in total. The van der Waals surface area contributed by atoms with Crippen molar-refractivity contribution in [3.05, 3.63) is 86.6 Å². The molecular formula is C22H19Cl3N2O3. The normalized spacial score (nSPS) is 10.5. The first-order chi connectivity index (χ1) is 14.5. The van der Waals surface area contributed by atoms with E-state index in [4.69, 9.17) is 44.4 Å². The quantitative estimate of drug-likeness (QED) is 0.418. The van der Waals surface area contributed by atoms with Gasteiger partial charge in [0.05, 0.1) is 11.6 Å². The van der Waals surface area contributed by atoms with Crippen molar-refractivity contribution < 1.29 is 14.4 Å². The maximum atomic E-state index is 12.3. The minimum atomic E-state index is -0.392. The fourth-order valence-electron chi connectivity index (χ4n) is 2.86. The van der Waals surface area contributed by atoms with Crippen LogP contribution in [-0.2, 0) is 12.8 Å². The van der Waals surface area contributed by atoms with Gasteiger partial charge in [0.15, 0.2) is 5.75 Å². The summed E-state index contributed by atoms with van der Waals surface area (Å²) in [7, 11) is 0. The second-order valence-electron chi connectivity index (χ2n) is 6.29. The molecule has 1 N–H and O–H groups in total. The molecule has 0 aliphatic rings. The van der Waals surface area contributed by atoms with E-state index in [-0.39, 0.29) is 0 Å². The highest BCUT2D eigenvalue weighted by Crippen LogP contribution is 2.37. The number of nitrogens with zero attached hydrogens (tertiary/aromatic N) is 1. The molecule has 0 unspecified atom stereocenters. The number of aromatic nitrogens is 1. The molecule has 0 saturated heterocycles. The number of carbonyl (C=O) groups excluding carboxylic acids is 1. The summed E-state index contributed by atoms with van der Waals surface area (Å²) in [6.45, 7) is 2.30. The van der Waals surface area contributed by atoms with Gasteiger partial charge in [-0.2, -0.15) is 5.48 Å². The van der Waals surface area contributed by atoms with Gasteiger partial charge in [-0.25, -0.2) is 0 Å². The van der Waals surface area contributed by atoms with Gasteiger partial charge in [0.1, 0.15) is 5.75 Å². The van der Waals surface area contributed by atoms with E-state index < -0.39 is 5.91 Å². The predicted octanol–water partition coefficient (Wildman–Crippen LogP) is 5.95. The Hall–Kier alpha value is -2.47. The molecule has 1 aromatic heterocycles. The van der Waals surface area contributed by atoms with E-state index in [9.17, 15) is 4.79 Å². The van der Waals surface area contributed by atoms with Crippen LogP contribution in [0.5, 0.6) is 11.5 Å². The second-order valence-corrected chi connectivity index (χ2v) is 7.54. The third-order valence-corrected chi connectivity index (χ3v) is 5.20. The van der Waals surface area contributed by atoms with Crippen molar-refractivity contribution in [2.24, 2.45) is 0 Å². The standard InChI is InChI=1S/C22H19Cl3N2O3/c1-2-29-21-17(6-4-14-3-5-16(23)13-19(14)25)20(8-7-18(21)24)30-27-22(28)15-9-11-26-12-10-15/h3,5,7-13H,2,4,6H2,1H3,(H,27,28). The van der Waals surface area contributed by atoms with Crippen LogP contribution in [0.15, 0.2) is 54.9 Å². The number of amides is 1. The lowest BCUT2D eigenvalue weighted by atomic mass is 10.0. The number of hydroxylamine groups is 1. The van der Waals surface area contributed by atoms with Crippen molar-refractivity contribution in [3.63, 3.8) is 0 Å². The Kier molecular flexibility index (Phi) is 7.80. The molecule has 0 fully saturated rings. The number of pyridine rings is 1. The van der Waals surface area contributed by atoms with Crippen molar-refractivity contribution in [3.8, 4) is 11.5 Å². The van der Waals surface area contributed by atoms with E-state index in [1.807, 2.05) is 13.0 Å². The van der Waals surface area contributed by atoms with Crippen molar-refractivity contribution >= 4 is 40.7 Å². The van der Waals surface area contributed by atoms with Crippen molar-refractivity contribution in [1.82, 2.24) is 10.5 Å². The highest BCUT2D eigenvalue weighted by molar-refractivity contribution is 6.35. The lowest BCUT2D eigenvalue weighted by Crippen LogP contribution is -2.27. The topological polar surface area (TPSA) is 60.5 Å². The fourth-order valence-corrected chi connectivity index (χ4v) is 3.60. The summed E-state index contributed by atoms with van der Waals surface area (Å²) in [5.41, 5.74) is 4.54. The lowest BCUT2D eigenvalue weighted by Gasteiger charge is -2.17. The average Bonchev–Trinajstić information content (AvgIpc) is 2.75. The maximum Gasteiger partial charge on any atom is 0.284 e. The summed E-state index contributed by atoms with van der Waals surface area (Å²) < 4.78 is 5.75. The minimum Gasteiger partial charge on any atom is -0.492 e. The second kappa shape index (κ2) is 10.5. The largest absolute Gasteiger partial charge is 0.492 e. The number of halogens is 3. The van der Waals surface area contributed by atoms with Crippen LogP contribution in [0.4, 0.5) is 0 Å². The zero-order valence-corrected chi connectivity index (χ0v) is 18.4. The monoisotopic (exact) mass is 464 g/mol. The van der Waals surface area contributed by atoms with E-state index in [1.54, 1.807) is 36.4 Å². The van der Waals surface area contributed by atoms with Crippen LogP contribution in [0.2, 0.25) is 15.1 Å². The van der Waals surface area contributed by atoms with Crippen LogP contribution in [0, 0.1) is 0 Å². The Bertz CT molecular complexity index is 1030. The molecule has 8 heteroatoms. The van der Waals surface area contributed by atoms with Gasteiger partial charge in [0.2, 0.25) is 0 Å². The number of rotatable bonds is 8. The number of aryl methyl sites for hydroxylation is 1. The lowest BCUT2D eigenvalue weighted by molar-refractivity contribution is 0.0757. The fraction of sp³-hybridized carbons (Fsp3) is 0.182.